The number of rotatable bonds is 4. The van der Waals surface area contributed by atoms with Crippen LogP contribution in [0, 0.1) is 23.0 Å². The highest BCUT2D eigenvalue weighted by atomic mass is 16.6. The van der Waals surface area contributed by atoms with E-state index in [1.165, 1.54) is 12.8 Å². The van der Waals surface area contributed by atoms with Gasteiger partial charge < -0.3 is 5.32 Å². The molecule has 1 aliphatic rings. The predicted octanol–water partition coefficient (Wildman–Crippen LogP) is 3.66. The summed E-state index contributed by atoms with van der Waals surface area (Å²) < 4.78 is 0. The van der Waals surface area contributed by atoms with Crippen LogP contribution in [-0.4, -0.2) is 15.9 Å². The van der Waals surface area contributed by atoms with Crippen LogP contribution in [0.2, 0.25) is 0 Å². The van der Waals surface area contributed by atoms with E-state index in [0.717, 1.165) is 22.7 Å². The van der Waals surface area contributed by atoms with Crippen LogP contribution < -0.4 is 5.32 Å². The number of aromatic nitrogens is 1. The molecule has 20 heavy (non-hydrogen) atoms. The van der Waals surface area contributed by atoms with Gasteiger partial charge >= 0.3 is 0 Å². The molecular formula is C15H17N3O2. The van der Waals surface area contributed by atoms with Crippen molar-refractivity contribution in [3.05, 3.63) is 40.2 Å². The lowest BCUT2D eigenvalue weighted by Crippen LogP contribution is -2.05. The largest absolute Gasteiger partial charge is 0.382 e. The Kier molecular flexibility index (Phi) is 3.04. The maximum atomic E-state index is 11.1. The summed E-state index contributed by atoms with van der Waals surface area (Å²) in [7, 11) is 0. The van der Waals surface area contributed by atoms with Gasteiger partial charge in [0.05, 0.1) is 10.3 Å². The SMILES string of the molecule is CCC1CC1Nc1ccc([N+](=O)[O-])c2cnc(C)cc12. The summed E-state index contributed by atoms with van der Waals surface area (Å²) in [5.74, 6) is 0.725. The van der Waals surface area contributed by atoms with E-state index in [-0.39, 0.29) is 10.6 Å². The van der Waals surface area contributed by atoms with Crippen molar-refractivity contribution in [3.63, 3.8) is 0 Å². The lowest BCUT2D eigenvalue weighted by atomic mass is 10.1. The molecule has 1 heterocycles. The summed E-state index contributed by atoms with van der Waals surface area (Å²) in [6, 6.07) is 5.78. The highest BCUT2D eigenvalue weighted by molar-refractivity contribution is 5.99. The van der Waals surface area contributed by atoms with Crippen molar-refractivity contribution < 1.29 is 4.92 Å². The normalized spacial score (nSPS) is 20.9. The Bertz CT molecular complexity index is 684. The first-order valence-corrected chi connectivity index (χ1v) is 6.90. The van der Waals surface area contributed by atoms with Crippen molar-refractivity contribution in [1.82, 2.24) is 4.98 Å². The summed E-state index contributed by atoms with van der Waals surface area (Å²) in [6.45, 7) is 4.09. The van der Waals surface area contributed by atoms with Crippen LogP contribution in [0.4, 0.5) is 11.4 Å². The number of hydrogen-bond donors (Lipinski definition) is 1. The van der Waals surface area contributed by atoms with E-state index in [1.807, 2.05) is 19.1 Å². The van der Waals surface area contributed by atoms with Crippen LogP contribution in [-0.2, 0) is 0 Å². The molecule has 5 nitrogen and oxygen atoms in total. The standard InChI is InChI=1S/C15H17N3O2/c1-3-10-7-14(10)17-13-4-5-15(18(19)20)12-8-16-9(2)6-11(12)13/h4-6,8,10,14,17H,3,7H2,1-2H3. The third kappa shape index (κ3) is 2.19. The summed E-state index contributed by atoms with van der Waals surface area (Å²) in [4.78, 5) is 14.9. The summed E-state index contributed by atoms with van der Waals surface area (Å²) in [5.41, 5.74) is 1.95. The van der Waals surface area contributed by atoms with E-state index in [1.54, 1.807) is 12.3 Å². The second-order valence-corrected chi connectivity index (χ2v) is 5.42. The van der Waals surface area contributed by atoms with Gasteiger partial charge in [-0.15, -0.1) is 0 Å². The van der Waals surface area contributed by atoms with Gasteiger partial charge in [0, 0.05) is 35.1 Å². The predicted molar refractivity (Wildman–Crippen MR) is 78.9 cm³/mol. The smallest absolute Gasteiger partial charge is 0.278 e. The first-order chi connectivity index (χ1) is 9.60. The molecule has 0 radical (unpaired) electrons. The highest BCUT2D eigenvalue weighted by Crippen LogP contribution is 2.39. The van der Waals surface area contributed by atoms with E-state index in [9.17, 15) is 10.1 Å². The quantitative estimate of drug-likeness (QED) is 0.680. The maximum absolute atomic E-state index is 11.1. The summed E-state index contributed by atoms with van der Waals surface area (Å²) >= 11 is 0. The van der Waals surface area contributed by atoms with Gasteiger partial charge in [0.25, 0.3) is 5.69 Å². The van der Waals surface area contributed by atoms with Crippen molar-refractivity contribution in [1.29, 1.82) is 0 Å². The van der Waals surface area contributed by atoms with Crippen molar-refractivity contribution in [2.75, 3.05) is 5.32 Å². The van der Waals surface area contributed by atoms with Gasteiger partial charge in [-0.05, 0) is 31.4 Å². The molecule has 1 aromatic heterocycles. The van der Waals surface area contributed by atoms with Gasteiger partial charge in [0.1, 0.15) is 0 Å². The molecule has 1 aliphatic carbocycles. The van der Waals surface area contributed by atoms with Crippen molar-refractivity contribution >= 4 is 22.1 Å². The number of fused-ring (bicyclic) bond motifs is 1. The molecule has 0 saturated heterocycles. The Balaban J connectivity index is 2.06. The molecule has 1 fully saturated rings. The molecule has 0 amide bonds. The number of aryl methyl sites for hydroxylation is 1. The lowest BCUT2D eigenvalue weighted by Gasteiger charge is -2.10. The van der Waals surface area contributed by atoms with Gasteiger partial charge in [-0.25, -0.2) is 0 Å². The monoisotopic (exact) mass is 271 g/mol. The molecule has 104 valence electrons. The second-order valence-electron chi connectivity index (χ2n) is 5.42. The molecular weight excluding hydrogens is 254 g/mol. The van der Waals surface area contributed by atoms with Crippen LogP contribution in [0.1, 0.15) is 25.5 Å². The average Bonchev–Trinajstić information content (AvgIpc) is 3.17. The van der Waals surface area contributed by atoms with E-state index in [0.29, 0.717) is 11.4 Å². The minimum atomic E-state index is -0.352. The molecule has 5 heteroatoms. The van der Waals surface area contributed by atoms with Gasteiger partial charge in [-0.1, -0.05) is 13.3 Å². The number of nitro benzene ring substituents is 1. The maximum Gasteiger partial charge on any atom is 0.278 e. The summed E-state index contributed by atoms with van der Waals surface area (Å²) in [5, 5.41) is 16.1. The van der Waals surface area contributed by atoms with E-state index in [4.69, 9.17) is 0 Å². The fourth-order valence-electron chi connectivity index (χ4n) is 2.69. The van der Waals surface area contributed by atoms with Crippen LogP contribution >= 0.6 is 0 Å². The Labute approximate surface area is 117 Å². The third-order valence-corrected chi connectivity index (χ3v) is 4.00. The Morgan fingerprint density at radius 3 is 2.90 bits per heavy atom. The van der Waals surface area contributed by atoms with Crippen molar-refractivity contribution in [2.45, 2.75) is 32.7 Å². The molecule has 1 N–H and O–H groups in total. The zero-order chi connectivity index (χ0) is 14.3. The van der Waals surface area contributed by atoms with Gasteiger partial charge in [0.2, 0.25) is 0 Å². The highest BCUT2D eigenvalue weighted by Gasteiger charge is 2.35. The lowest BCUT2D eigenvalue weighted by molar-refractivity contribution is -0.383. The van der Waals surface area contributed by atoms with Gasteiger partial charge in [0.15, 0.2) is 0 Å². The number of pyridine rings is 1. The average molecular weight is 271 g/mol. The topological polar surface area (TPSA) is 68.1 Å². The Morgan fingerprint density at radius 2 is 2.25 bits per heavy atom. The minimum absolute atomic E-state index is 0.112. The molecule has 2 atom stereocenters. The molecule has 2 unspecified atom stereocenters. The Morgan fingerprint density at radius 1 is 1.45 bits per heavy atom. The number of benzene rings is 1. The third-order valence-electron chi connectivity index (χ3n) is 4.00. The fraction of sp³-hybridized carbons (Fsp3) is 0.400. The van der Waals surface area contributed by atoms with E-state index in [2.05, 4.69) is 17.2 Å². The minimum Gasteiger partial charge on any atom is -0.382 e. The number of anilines is 1. The van der Waals surface area contributed by atoms with Gasteiger partial charge in [-0.2, -0.15) is 0 Å². The Hall–Kier alpha value is -2.17. The summed E-state index contributed by atoms with van der Waals surface area (Å²) in [6.07, 6.45) is 3.94. The van der Waals surface area contributed by atoms with Crippen molar-refractivity contribution in [3.8, 4) is 0 Å². The number of hydrogen-bond acceptors (Lipinski definition) is 4. The number of non-ortho nitro benzene ring substituents is 1. The molecule has 1 aromatic carbocycles. The molecule has 0 bridgehead atoms. The molecule has 1 saturated carbocycles. The number of nitro groups is 1. The van der Waals surface area contributed by atoms with Crippen molar-refractivity contribution in [2.24, 2.45) is 5.92 Å². The first-order valence-electron chi connectivity index (χ1n) is 6.90. The molecule has 0 spiro atoms. The van der Waals surface area contributed by atoms with Gasteiger partial charge in [-0.3, -0.25) is 15.1 Å². The fourth-order valence-corrected chi connectivity index (χ4v) is 2.69. The molecule has 0 aliphatic heterocycles. The number of nitrogens with one attached hydrogen (secondary N) is 1. The van der Waals surface area contributed by atoms with Crippen LogP contribution in [0.25, 0.3) is 10.8 Å². The van der Waals surface area contributed by atoms with Crippen LogP contribution in [0.15, 0.2) is 24.4 Å². The van der Waals surface area contributed by atoms with Crippen LogP contribution in [0.5, 0.6) is 0 Å². The zero-order valence-corrected chi connectivity index (χ0v) is 11.6. The van der Waals surface area contributed by atoms with Crippen LogP contribution in [0.3, 0.4) is 0 Å². The molecule has 2 aromatic rings. The second kappa shape index (κ2) is 4.74. The van der Waals surface area contributed by atoms with E-state index >= 15 is 0 Å². The number of nitrogens with zero attached hydrogens (tertiary/aromatic N) is 2. The van der Waals surface area contributed by atoms with E-state index < -0.39 is 0 Å². The molecule has 3 rings (SSSR count). The first kappa shape index (κ1) is 12.8. The zero-order valence-electron chi connectivity index (χ0n) is 11.6.